The summed E-state index contributed by atoms with van der Waals surface area (Å²) in [6.45, 7) is 4.92. The van der Waals surface area contributed by atoms with Crippen LogP contribution in [0.2, 0.25) is 5.02 Å². The van der Waals surface area contributed by atoms with Crippen LogP contribution in [0.5, 0.6) is 0 Å². The van der Waals surface area contributed by atoms with Gasteiger partial charge in [0.15, 0.2) is 0 Å². The van der Waals surface area contributed by atoms with Gasteiger partial charge < -0.3 is 10.1 Å². The number of aromatic nitrogens is 2. The molecule has 0 bridgehead atoms. The van der Waals surface area contributed by atoms with Crippen molar-refractivity contribution in [3.05, 3.63) is 51.1 Å². The van der Waals surface area contributed by atoms with Crippen LogP contribution >= 0.6 is 22.9 Å². The Morgan fingerprint density at radius 3 is 2.93 bits per heavy atom. The molecule has 3 heterocycles. The molecule has 0 radical (unpaired) electrons. The molecular weight excluding hydrogens is 392 g/mol. The minimum Gasteiger partial charge on any atom is -0.379 e. The molecule has 0 atom stereocenters. The lowest BCUT2D eigenvalue weighted by Crippen LogP contribution is -2.36. The Morgan fingerprint density at radius 2 is 2.07 bits per heavy atom. The third kappa shape index (κ3) is 3.74. The molecule has 28 heavy (non-hydrogen) atoms. The molecule has 0 amide bonds. The summed E-state index contributed by atoms with van der Waals surface area (Å²) >= 11 is 7.99. The Hall–Kier alpha value is -1.73. The molecule has 146 valence electrons. The van der Waals surface area contributed by atoms with Crippen LogP contribution in [0.3, 0.4) is 0 Å². The summed E-state index contributed by atoms with van der Waals surface area (Å²) in [5.74, 6) is 1.86. The Bertz CT molecular complexity index is 999. The smallest absolute Gasteiger partial charge is 0.146 e. The van der Waals surface area contributed by atoms with Crippen LogP contribution in [-0.2, 0) is 30.7 Å². The first-order chi connectivity index (χ1) is 13.8. The highest BCUT2D eigenvalue weighted by molar-refractivity contribution is 7.19. The highest BCUT2D eigenvalue weighted by Crippen LogP contribution is 2.39. The number of rotatable bonds is 5. The number of thiophene rings is 1. The second kappa shape index (κ2) is 7.95. The van der Waals surface area contributed by atoms with Crippen LogP contribution in [0.4, 0.5) is 5.82 Å². The molecule has 2 aromatic heterocycles. The number of ether oxygens (including phenoxy) is 1. The average Bonchev–Trinajstić information content (AvgIpc) is 3.28. The lowest BCUT2D eigenvalue weighted by atomic mass is 10.1. The normalized spacial score (nSPS) is 17.2. The van der Waals surface area contributed by atoms with Gasteiger partial charge in [-0.25, -0.2) is 9.97 Å². The maximum atomic E-state index is 6.15. The van der Waals surface area contributed by atoms with Gasteiger partial charge in [0.05, 0.1) is 25.1 Å². The molecule has 1 fully saturated rings. The number of nitrogens with one attached hydrogen (secondary N) is 1. The molecule has 3 aromatic rings. The van der Waals surface area contributed by atoms with Gasteiger partial charge in [-0.05, 0) is 42.5 Å². The molecule has 0 spiro atoms. The third-order valence-corrected chi connectivity index (χ3v) is 6.85. The van der Waals surface area contributed by atoms with Crippen molar-refractivity contribution in [2.75, 3.05) is 31.6 Å². The largest absolute Gasteiger partial charge is 0.379 e. The number of halogens is 1. The molecule has 5 nitrogen and oxygen atoms in total. The predicted octanol–water partition coefficient (Wildman–Crippen LogP) is 4.28. The van der Waals surface area contributed by atoms with E-state index in [1.54, 1.807) is 0 Å². The summed E-state index contributed by atoms with van der Waals surface area (Å²) < 4.78 is 5.47. The van der Waals surface area contributed by atoms with E-state index < -0.39 is 0 Å². The highest BCUT2D eigenvalue weighted by Gasteiger charge is 2.23. The molecule has 1 aliphatic heterocycles. The maximum absolute atomic E-state index is 6.15. The fourth-order valence-electron chi connectivity index (χ4n) is 4.03. The molecule has 0 unspecified atom stereocenters. The lowest BCUT2D eigenvalue weighted by Gasteiger charge is -2.25. The van der Waals surface area contributed by atoms with E-state index >= 15 is 0 Å². The van der Waals surface area contributed by atoms with Gasteiger partial charge in [-0.15, -0.1) is 11.3 Å². The fourth-order valence-corrected chi connectivity index (χ4v) is 5.52. The van der Waals surface area contributed by atoms with Crippen molar-refractivity contribution in [3.63, 3.8) is 0 Å². The fraction of sp³-hybridized carbons (Fsp3) is 0.429. The van der Waals surface area contributed by atoms with Crippen LogP contribution in [0, 0.1) is 0 Å². The quantitative estimate of drug-likeness (QED) is 0.675. The summed E-state index contributed by atoms with van der Waals surface area (Å²) in [6.07, 6.45) is 3.54. The summed E-state index contributed by atoms with van der Waals surface area (Å²) in [5, 5.41) is 5.57. The van der Waals surface area contributed by atoms with Crippen LogP contribution in [0.1, 0.15) is 28.2 Å². The van der Waals surface area contributed by atoms with Gasteiger partial charge in [-0.2, -0.15) is 0 Å². The van der Waals surface area contributed by atoms with Crippen molar-refractivity contribution < 1.29 is 4.74 Å². The monoisotopic (exact) mass is 414 g/mol. The minimum atomic E-state index is 0.703. The molecule has 0 saturated carbocycles. The van der Waals surface area contributed by atoms with E-state index in [4.69, 9.17) is 26.3 Å². The maximum Gasteiger partial charge on any atom is 0.146 e. The van der Waals surface area contributed by atoms with Gasteiger partial charge in [0, 0.05) is 29.5 Å². The Balaban J connectivity index is 1.47. The number of aryl methyl sites for hydroxylation is 2. The molecule has 1 saturated heterocycles. The zero-order chi connectivity index (χ0) is 18.9. The number of fused-ring (bicyclic) bond motifs is 3. The second-order valence-corrected chi connectivity index (χ2v) is 8.92. The van der Waals surface area contributed by atoms with E-state index in [0.29, 0.717) is 6.54 Å². The minimum absolute atomic E-state index is 0.703. The van der Waals surface area contributed by atoms with Crippen LogP contribution < -0.4 is 5.32 Å². The molecule has 2 aliphatic rings. The first kappa shape index (κ1) is 18.3. The van der Waals surface area contributed by atoms with Crippen molar-refractivity contribution in [1.29, 1.82) is 0 Å². The second-order valence-electron chi connectivity index (χ2n) is 7.40. The van der Waals surface area contributed by atoms with Crippen LogP contribution in [0.15, 0.2) is 24.3 Å². The van der Waals surface area contributed by atoms with Crippen molar-refractivity contribution in [2.24, 2.45) is 0 Å². The topological polar surface area (TPSA) is 50.3 Å². The summed E-state index contributed by atoms with van der Waals surface area (Å²) in [6, 6.07) is 7.98. The van der Waals surface area contributed by atoms with Gasteiger partial charge in [-0.1, -0.05) is 23.7 Å². The molecule has 1 aliphatic carbocycles. The lowest BCUT2D eigenvalue weighted by molar-refractivity contribution is 0.0331. The SMILES string of the molecule is Clc1cccc(CNc2nc(CN3CCOCC3)nc3sc4c(c23)CCC4)c1. The van der Waals surface area contributed by atoms with E-state index in [1.807, 2.05) is 29.5 Å². The first-order valence-electron chi connectivity index (χ1n) is 9.86. The summed E-state index contributed by atoms with van der Waals surface area (Å²) in [7, 11) is 0. The van der Waals surface area contributed by atoms with Gasteiger partial charge >= 0.3 is 0 Å². The van der Waals surface area contributed by atoms with Gasteiger partial charge in [0.1, 0.15) is 16.5 Å². The number of benzene rings is 1. The van der Waals surface area contributed by atoms with E-state index in [1.165, 1.54) is 28.7 Å². The Morgan fingerprint density at radius 1 is 1.18 bits per heavy atom. The first-order valence-corrected chi connectivity index (χ1v) is 11.1. The zero-order valence-corrected chi connectivity index (χ0v) is 17.3. The van der Waals surface area contributed by atoms with Crippen LogP contribution in [0.25, 0.3) is 10.2 Å². The van der Waals surface area contributed by atoms with Gasteiger partial charge in [-0.3, -0.25) is 4.90 Å². The van der Waals surface area contributed by atoms with E-state index in [2.05, 4.69) is 16.3 Å². The Kier molecular flexibility index (Phi) is 5.20. The number of nitrogens with zero attached hydrogens (tertiary/aromatic N) is 3. The van der Waals surface area contributed by atoms with E-state index in [-0.39, 0.29) is 0 Å². The zero-order valence-electron chi connectivity index (χ0n) is 15.7. The van der Waals surface area contributed by atoms with E-state index in [9.17, 15) is 0 Å². The number of hydrogen-bond donors (Lipinski definition) is 1. The average molecular weight is 415 g/mol. The molecule has 7 heteroatoms. The number of hydrogen-bond acceptors (Lipinski definition) is 6. The molecular formula is C21H23ClN4OS. The van der Waals surface area contributed by atoms with Crippen molar-refractivity contribution in [3.8, 4) is 0 Å². The molecule has 1 N–H and O–H groups in total. The predicted molar refractivity (Wildman–Crippen MR) is 114 cm³/mol. The Labute approximate surface area is 173 Å². The number of anilines is 1. The third-order valence-electron chi connectivity index (χ3n) is 5.43. The van der Waals surface area contributed by atoms with Crippen molar-refractivity contribution in [1.82, 2.24) is 14.9 Å². The molecule has 1 aromatic carbocycles. The van der Waals surface area contributed by atoms with Crippen molar-refractivity contribution in [2.45, 2.75) is 32.4 Å². The van der Waals surface area contributed by atoms with Crippen molar-refractivity contribution >= 4 is 39.0 Å². The standard InChI is InChI=1S/C21H23ClN4OS/c22-15-4-1-3-14(11-15)12-23-20-19-16-5-2-6-17(16)28-21(19)25-18(24-20)13-26-7-9-27-10-8-26/h1,3-4,11H,2,5-10,12-13H2,(H,23,24,25). The molecule has 5 rings (SSSR count). The van der Waals surface area contributed by atoms with E-state index in [0.717, 1.165) is 66.3 Å². The van der Waals surface area contributed by atoms with Crippen LogP contribution in [-0.4, -0.2) is 41.2 Å². The summed E-state index contributed by atoms with van der Waals surface area (Å²) in [4.78, 5) is 14.9. The highest BCUT2D eigenvalue weighted by atomic mass is 35.5. The van der Waals surface area contributed by atoms with Gasteiger partial charge in [0.25, 0.3) is 0 Å². The number of morpholine rings is 1. The van der Waals surface area contributed by atoms with Gasteiger partial charge in [0.2, 0.25) is 0 Å². The summed E-state index contributed by atoms with van der Waals surface area (Å²) in [5.41, 5.74) is 2.60.